The first-order valence-electron chi connectivity index (χ1n) is 5.67. The molecule has 0 aliphatic carbocycles. The lowest BCUT2D eigenvalue weighted by molar-refractivity contribution is 0.550. The van der Waals surface area contributed by atoms with Gasteiger partial charge in [0.05, 0.1) is 5.02 Å². The van der Waals surface area contributed by atoms with Crippen LogP contribution < -0.4 is 10.0 Å². The monoisotopic (exact) mass is 328 g/mol. The first-order valence-corrected chi connectivity index (χ1v) is 7.53. The second-order valence-corrected chi connectivity index (χ2v) is 6.36. The van der Waals surface area contributed by atoms with Crippen LogP contribution in [0.1, 0.15) is 12.8 Å². The minimum Gasteiger partial charge on any atom is -0.313 e. The third-order valence-electron chi connectivity index (χ3n) is 2.86. The largest absolute Gasteiger partial charge is 0.313 e. The highest BCUT2D eigenvalue weighted by molar-refractivity contribution is 7.89. The van der Waals surface area contributed by atoms with E-state index in [0.29, 0.717) is 0 Å². The van der Waals surface area contributed by atoms with Crippen molar-refractivity contribution in [2.75, 3.05) is 13.1 Å². The summed E-state index contributed by atoms with van der Waals surface area (Å²) in [5.41, 5.74) is 0. The van der Waals surface area contributed by atoms with Crippen molar-refractivity contribution in [2.24, 2.45) is 0 Å². The van der Waals surface area contributed by atoms with E-state index in [-0.39, 0.29) is 34.9 Å². The van der Waals surface area contributed by atoms with Crippen LogP contribution in [-0.4, -0.2) is 27.5 Å². The lowest BCUT2D eigenvalue weighted by Crippen LogP contribution is -2.37. The zero-order chi connectivity index (χ0) is 13.2. The van der Waals surface area contributed by atoms with E-state index in [4.69, 9.17) is 11.6 Å². The average molecular weight is 329 g/mol. The van der Waals surface area contributed by atoms with Crippen LogP contribution in [0.25, 0.3) is 0 Å². The molecule has 1 fully saturated rings. The maximum atomic E-state index is 13.1. The van der Waals surface area contributed by atoms with E-state index in [1.54, 1.807) is 0 Å². The standard InChI is InChI=1S/C11H14ClFN2O2S.ClH/c12-10-4-3-8(13)6-11(10)18(16,17)15-7-9-2-1-5-14-9;/h3-4,6,9,14-15H,1-2,5,7H2;1H. The maximum Gasteiger partial charge on any atom is 0.242 e. The van der Waals surface area contributed by atoms with Gasteiger partial charge in [-0.05, 0) is 37.6 Å². The number of halogens is 3. The molecule has 1 unspecified atom stereocenters. The smallest absolute Gasteiger partial charge is 0.242 e. The minimum atomic E-state index is -3.76. The van der Waals surface area contributed by atoms with Crippen molar-refractivity contribution in [3.63, 3.8) is 0 Å². The summed E-state index contributed by atoms with van der Waals surface area (Å²) in [7, 11) is -3.76. The summed E-state index contributed by atoms with van der Waals surface area (Å²) in [4.78, 5) is -0.220. The number of hydrogen-bond acceptors (Lipinski definition) is 3. The Morgan fingerprint density at radius 3 is 2.84 bits per heavy atom. The van der Waals surface area contributed by atoms with Gasteiger partial charge < -0.3 is 5.32 Å². The van der Waals surface area contributed by atoms with Crippen LogP contribution in [0.4, 0.5) is 4.39 Å². The Labute approximate surface area is 123 Å². The Kier molecular flexibility index (Phi) is 6.01. The number of sulfonamides is 1. The van der Waals surface area contributed by atoms with Crippen molar-refractivity contribution in [1.29, 1.82) is 0 Å². The molecule has 108 valence electrons. The molecule has 8 heteroatoms. The molecule has 0 bridgehead atoms. The molecule has 1 saturated heterocycles. The van der Waals surface area contributed by atoms with Gasteiger partial charge in [-0.15, -0.1) is 12.4 Å². The molecule has 0 aromatic heterocycles. The summed E-state index contributed by atoms with van der Waals surface area (Å²) in [6, 6.07) is 3.42. The molecule has 2 rings (SSSR count). The van der Waals surface area contributed by atoms with Crippen LogP contribution in [0.3, 0.4) is 0 Å². The molecular weight excluding hydrogens is 314 g/mol. The van der Waals surface area contributed by atoms with Crippen LogP contribution in [0, 0.1) is 5.82 Å². The highest BCUT2D eigenvalue weighted by Crippen LogP contribution is 2.22. The van der Waals surface area contributed by atoms with Gasteiger partial charge in [0.1, 0.15) is 10.7 Å². The molecule has 2 N–H and O–H groups in total. The van der Waals surface area contributed by atoms with Gasteiger partial charge in [0, 0.05) is 12.6 Å². The molecule has 1 aliphatic rings. The van der Waals surface area contributed by atoms with Gasteiger partial charge in [-0.25, -0.2) is 17.5 Å². The van der Waals surface area contributed by atoms with E-state index >= 15 is 0 Å². The predicted molar refractivity (Wildman–Crippen MR) is 74.9 cm³/mol. The van der Waals surface area contributed by atoms with Crippen LogP contribution >= 0.6 is 24.0 Å². The first-order chi connectivity index (χ1) is 8.49. The average Bonchev–Trinajstić information content (AvgIpc) is 2.83. The zero-order valence-corrected chi connectivity index (χ0v) is 12.4. The molecule has 0 spiro atoms. The van der Waals surface area contributed by atoms with Gasteiger partial charge in [0.2, 0.25) is 10.0 Å². The molecule has 1 aliphatic heterocycles. The molecule has 0 saturated carbocycles. The Bertz CT molecular complexity index is 533. The van der Waals surface area contributed by atoms with E-state index < -0.39 is 15.8 Å². The number of benzene rings is 1. The fraction of sp³-hybridized carbons (Fsp3) is 0.455. The zero-order valence-electron chi connectivity index (χ0n) is 10.0. The summed E-state index contributed by atoms with van der Waals surface area (Å²) in [6.45, 7) is 1.18. The lowest BCUT2D eigenvalue weighted by atomic mass is 10.2. The Balaban J connectivity index is 0.00000180. The molecule has 4 nitrogen and oxygen atoms in total. The predicted octanol–water partition coefficient (Wildman–Crippen LogP) is 1.93. The van der Waals surface area contributed by atoms with Crippen molar-refractivity contribution < 1.29 is 12.8 Å². The van der Waals surface area contributed by atoms with Crippen molar-refractivity contribution in [2.45, 2.75) is 23.8 Å². The van der Waals surface area contributed by atoms with Crippen molar-refractivity contribution in [3.8, 4) is 0 Å². The minimum absolute atomic E-state index is 0. The van der Waals surface area contributed by atoms with Crippen molar-refractivity contribution in [3.05, 3.63) is 29.0 Å². The summed E-state index contributed by atoms with van der Waals surface area (Å²) in [6.07, 6.45) is 1.96. The quantitative estimate of drug-likeness (QED) is 0.887. The topological polar surface area (TPSA) is 58.2 Å². The van der Waals surface area contributed by atoms with Crippen molar-refractivity contribution in [1.82, 2.24) is 10.0 Å². The molecule has 1 aromatic carbocycles. The Hall–Kier alpha value is -0.400. The second kappa shape index (κ2) is 6.85. The lowest BCUT2D eigenvalue weighted by Gasteiger charge is -2.12. The van der Waals surface area contributed by atoms with Crippen LogP contribution in [0.2, 0.25) is 5.02 Å². The van der Waals surface area contributed by atoms with Gasteiger partial charge >= 0.3 is 0 Å². The summed E-state index contributed by atoms with van der Waals surface area (Å²) >= 11 is 5.77. The molecule has 0 amide bonds. The molecule has 1 aromatic rings. The van der Waals surface area contributed by atoms with Crippen LogP contribution in [0.15, 0.2) is 23.1 Å². The molecule has 19 heavy (non-hydrogen) atoms. The van der Waals surface area contributed by atoms with E-state index in [1.807, 2.05) is 0 Å². The SMILES string of the molecule is Cl.O=S(=O)(NCC1CCCN1)c1cc(F)ccc1Cl. The van der Waals surface area contributed by atoms with Crippen LogP contribution in [0.5, 0.6) is 0 Å². The van der Waals surface area contributed by atoms with Gasteiger partial charge in [0.15, 0.2) is 0 Å². The van der Waals surface area contributed by atoms with Crippen LogP contribution in [-0.2, 0) is 10.0 Å². The fourth-order valence-electron chi connectivity index (χ4n) is 1.90. The third-order valence-corrected chi connectivity index (χ3v) is 4.77. The van der Waals surface area contributed by atoms with E-state index in [0.717, 1.165) is 31.5 Å². The van der Waals surface area contributed by atoms with Gasteiger partial charge in [-0.2, -0.15) is 0 Å². The van der Waals surface area contributed by atoms with Crippen molar-refractivity contribution >= 4 is 34.0 Å². The molecule has 1 heterocycles. The molecule has 0 radical (unpaired) electrons. The highest BCUT2D eigenvalue weighted by atomic mass is 35.5. The van der Waals surface area contributed by atoms with Gasteiger partial charge in [-0.3, -0.25) is 0 Å². The fourth-order valence-corrected chi connectivity index (χ4v) is 3.49. The van der Waals surface area contributed by atoms with E-state index in [2.05, 4.69) is 10.0 Å². The Morgan fingerprint density at radius 2 is 2.21 bits per heavy atom. The molecule has 1 atom stereocenters. The Morgan fingerprint density at radius 1 is 1.47 bits per heavy atom. The summed E-state index contributed by atoms with van der Waals surface area (Å²) in [5.74, 6) is -0.626. The third kappa shape index (κ3) is 4.29. The first kappa shape index (κ1) is 16.7. The number of hydrogen-bond donors (Lipinski definition) is 2. The summed E-state index contributed by atoms with van der Waals surface area (Å²) in [5, 5.41) is 3.19. The summed E-state index contributed by atoms with van der Waals surface area (Å²) < 4.78 is 39.4. The molecular formula is C11H15Cl2FN2O2S. The maximum absolute atomic E-state index is 13.1. The van der Waals surface area contributed by atoms with Gasteiger partial charge in [-0.1, -0.05) is 11.6 Å². The number of rotatable bonds is 4. The number of nitrogens with one attached hydrogen (secondary N) is 2. The van der Waals surface area contributed by atoms with Gasteiger partial charge in [0.25, 0.3) is 0 Å². The second-order valence-electron chi connectivity index (χ2n) is 4.22. The normalized spacial score (nSPS) is 19.2. The van der Waals surface area contributed by atoms with E-state index in [1.165, 1.54) is 6.07 Å². The van der Waals surface area contributed by atoms with E-state index in [9.17, 15) is 12.8 Å². The highest BCUT2D eigenvalue weighted by Gasteiger charge is 2.21.